The van der Waals surface area contributed by atoms with Crippen LogP contribution in [0.3, 0.4) is 0 Å². The average molecular weight is 271 g/mol. The molecule has 0 aromatic carbocycles. The summed E-state index contributed by atoms with van der Waals surface area (Å²) in [5.74, 6) is 1.29. The van der Waals surface area contributed by atoms with E-state index in [-0.39, 0.29) is 5.54 Å². The molecule has 2 aromatic heterocycles. The molecular weight excluding hydrogens is 250 g/mol. The molecule has 0 spiro atoms. The Morgan fingerprint density at radius 2 is 1.95 bits per heavy atom. The lowest BCUT2D eigenvalue weighted by atomic mass is 10.1. The molecule has 2 rings (SSSR count). The normalized spacial score (nSPS) is 11.4. The van der Waals surface area contributed by atoms with Crippen molar-refractivity contribution >= 4 is 0 Å². The zero-order valence-electron chi connectivity index (χ0n) is 12.5. The molecule has 4 nitrogen and oxygen atoms in total. The zero-order valence-corrected chi connectivity index (χ0v) is 12.5. The number of aryl methyl sites for hydroxylation is 1. The maximum absolute atomic E-state index is 5.70. The van der Waals surface area contributed by atoms with Crippen LogP contribution in [0.4, 0.5) is 0 Å². The number of rotatable bonds is 4. The summed E-state index contributed by atoms with van der Waals surface area (Å²) in [4.78, 5) is 8.68. The standard InChI is InChI=1S/C16H21N3O/c1-12-8-9-14(11-17-12)20-15-7-5-6-13(19-15)10-18-16(2,3)4/h5-9,11,18H,10H2,1-4H3. The summed E-state index contributed by atoms with van der Waals surface area (Å²) in [7, 11) is 0. The lowest BCUT2D eigenvalue weighted by Crippen LogP contribution is -2.35. The van der Waals surface area contributed by atoms with E-state index in [1.807, 2.05) is 37.3 Å². The minimum atomic E-state index is 0.0689. The van der Waals surface area contributed by atoms with Crippen LogP contribution in [0.2, 0.25) is 0 Å². The van der Waals surface area contributed by atoms with E-state index >= 15 is 0 Å². The van der Waals surface area contributed by atoms with Gasteiger partial charge in [-0.15, -0.1) is 0 Å². The Kier molecular flexibility index (Phi) is 4.35. The summed E-state index contributed by atoms with van der Waals surface area (Å²) < 4.78 is 5.70. The topological polar surface area (TPSA) is 47.0 Å². The van der Waals surface area contributed by atoms with Crippen molar-refractivity contribution in [3.05, 3.63) is 47.9 Å². The van der Waals surface area contributed by atoms with Gasteiger partial charge in [0.1, 0.15) is 5.75 Å². The quantitative estimate of drug-likeness (QED) is 0.925. The molecule has 106 valence electrons. The highest BCUT2D eigenvalue weighted by Crippen LogP contribution is 2.18. The van der Waals surface area contributed by atoms with Crippen LogP contribution in [0.1, 0.15) is 32.2 Å². The predicted octanol–water partition coefficient (Wildman–Crippen LogP) is 3.47. The first kappa shape index (κ1) is 14.5. The Morgan fingerprint density at radius 3 is 2.60 bits per heavy atom. The van der Waals surface area contributed by atoms with Crippen LogP contribution in [0, 0.1) is 6.92 Å². The number of hydrogen-bond donors (Lipinski definition) is 1. The molecule has 0 aliphatic carbocycles. The molecule has 0 aliphatic rings. The van der Waals surface area contributed by atoms with Crippen molar-refractivity contribution in [1.82, 2.24) is 15.3 Å². The Morgan fingerprint density at radius 1 is 1.15 bits per heavy atom. The zero-order chi connectivity index (χ0) is 14.6. The number of nitrogens with zero attached hydrogens (tertiary/aromatic N) is 2. The van der Waals surface area contributed by atoms with Crippen LogP contribution in [0.5, 0.6) is 11.6 Å². The van der Waals surface area contributed by atoms with Crippen molar-refractivity contribution in [2.75, 3.05) is 0 Å². The highest BCUT2D eigenvalue weighted by atomic mass is 16.5. The fourth-order valence-electron chi connectivity index (χ4n) is 1.60. The first-order valence-electron chi connectivity index (χ1n) is 6.74. The van der Waals surface area contributed by atoms with Crippen LogP contribution < -0.4 is 10.1 Å². The number of pyridine rings is 2. The van der Waals surface area contributed by atoms with Gasteiger partial charge in [0.2, 0.25) is 5.88 Å². The SMILES string of the molecule is Cc1ccc(Oc2cccc(CNC(C)(C)C)n2)cn1. The summed E-state index contributed by atoms with van der Waals surface area (Å²) in [6.07, 6.45) is 1.71. The van der Waals surface area contributed by atoms with E-state index in [1.165, 1.54) is 0 Å². The summed E-state index contributed by atoms with van der Waals surface area (Å²) in [6, 6.07) is 9.59. The van der Waals surface area contributed by atoms with Crippen LogP contribution in [0.15, 0.2) is 36.5 Å². The van der Waals surface area contributed by atoms with Crippen molar-refractivity contribution in [3.8, 4) is 11.6 Å². The second-order valence-electron chi connectivity index (χ2n) is 5.81. The molecule has 0 fully saturated rings. The first-order valence-corrected chi connectivity index (χ1v) is 6.74. The average Bonchev–Trinajstić information content (AvgIpc) is 2.39. The van der Waals surface area contributed by atoms with E-state index in [0.29, 0.717) is 18.2 Å². The number of nitrogens with one attached hydrogen (secondary N) is 1. The van der Waals surface area contributed by atoms with Gasteiger partial charge in [-0.3, -0.25) is 4.98 Å². The molecule has 0 atom stereocenters. The van der Waals surface area contributed by atoms with E-state index in [2.05, 4.69) is 36.1 Å². The van der Waals surface area contributed by atoms with Crippen molar-refractivity contribution < 1.29 is 4.74 Å². The fourth-order valence-corrected chi connectivity index (χ4v) is 1.60. The summed E-state index contributed by atoms with van der Waals surface area (Å²) in [6.45, 7) is 9.05. The van der Waals surface area contributed by atoms with Crippen LogP contribution >= 0.6 is 0 Å². The third-order valence-corrected chi connectivity index (χ3v) is 2.69. The molecule has 0 aliphatic heterocycles. The lowest BCUT2D eigenvalue weighted by Gasteiger charge is -2.20. The van der Waals surface area contributed by atoms with Crippen LogP contribution in [0.25, 0.3) is 0 Å². The van der Waals surface area contributed by atoms with Gasteiger partial charge in [-0.25, -0.2) is 4.98 Å². The first-order chi connectivity index (χ1) is 9.42. The van der Waals surface area contributed by atoms with Crippen molar-refractivity contribution in [3.63, 3.8) is 0 Å². The second kappa shape index (κ2) is 6.01. The molecule has 0 amide bonds. The molecular formula is C16H21N3O. The molecule has 0 radical (unpaired) electrons. The Labute approximate surface area is 120 Å². The van der Waals surface area contributed by atoms with Crippen molar-refractivity contribution in [2.24, 2.45) is 0 Å². The predicted molar refractivity (Wildman–Crippen MR) is 79.9 cm³/mol. The van der Waals surface area contributed by atoms with Gasteiger partial charge in [0, 0.05) is 23.8 Å². The van der Waals surface area contributed by atoms with Crippen molar-refractivity contribution in [2.45, 2.75) is 39.8 Å². The molecule has 0 saturated heterocycles. The van der Waals surface area contributed by atoms with Gasteiger partial charge in [0.15, 0.2) is 0 Å². The van der Waals surface area contributed by atoms with Gasteiger partial charge in [-0.05, 0) is 45.9 Å². The minimum Gasteiger partial charge on any atom is -0.437 e. The monoisotopic (exact) mass is 271 g/mol. The maximum Gasteiger partial charge on any atom is 0.219 e. The summed E-state index contributed by atoms with van der Waals surface area (Å²) in [5, 5.41) is 3.41. The molecule has 1 N–H and O–H groups in total. The molecule has 4 heteroatoms. The summed E-state index contributed by atoms with van der Waals surface area (Å²) >= 11 is 0. The smallest absolute Gasteiger partial charge is 0.219 e. The molecule has 0 saturated carbocycles. The largest absolute Gasteiger partial charge is 0.437 e. The van der Waals surface area contributed by atoms with Gasteiger partial charge in [0.05, 0.1) is 11.9 Å². The Balaban J connectivity index is 2.04. The van der Waals surface area contributed by atoms with E-state index < -0.39 is 0 Å². The Bertz CT molecular complexity index is 559. The minimum absolute atomic E-state index is 0.0689. The van der Waals surface area contributed by atoms with E-state index in [4.69, 9.17) is 4.74 Å². The van der Waals surface area contributed by atoms with Gasteiger partial charge >= 0.3 is 0 Å². The maximum atomic E-state index is 5.70. The van der Waals surface area contributed by atoms with Crippen molar-refractivity contribution in [1.29, 1.82) is 0 Å². The number of ether oxygens (including phenoxy) is 1. The molecule has 20 heavy (non-hydrogen) atoms. The van der Waals surface area contributed by atoms with E-state index in [1.54, 1.807) is 6.20 Å². The van der Waals surface area contributed by atoms with E-state index in [0.717, 1.165) is 11.4 Å². The lowest BCUT2D eigenvalue weighted by molar-refractivity contribution is 0.415. The van der Waals surface area contributed by atoms with Crippen LogP contribution in [-0.2, 0) is 6.54 Å². The van der Waals surface area contributed by atoms with Gasteiger partial charge in [-0.2, -0.15) is 0 Å². The van der Waals surface area contributed by atoms with Crippen LogP contribution in [-0.4, -0.2) is 15.5 Å². The number of aromatic nitrogens is 2. The van der Waals surface area contributed by atoms with E-state index in [9.17, 15) is 0 Å². The fraction of sp³-hybridized carbons (Fsp3) is 0.375. The van der Waals surface area contributed by atoms with Gasteiger partial charge in [-0.1, -0.05) is 6.07 Å². The highest BCUT2D eigenvalue weighted by Gasteiger charge is 2.09. The third-order valence-electron chi connectivity index (χ3n) is 2.69. The Hall–Kier alpha value is -1.94. The van der Waals surface area contributed by atoms with Gasteiger partial charge < -0.3 is 10.1 Å². The number of hydrogen-bond acceptors (Lipinski definition) is 4. The highest BCUT2D eigenvalue weighted by molar-refractivity contribution is 5.26. The summed E-state index contributed by atoms with van der Waals surface area (Å²) in [5.41, 5.74) is 1.99. The van der Waals surface area contributed by atoms with Gasteiger partial charge in [0.25, 0.3) is 0 Å². The molecule has 0 bridgehead atoms. The molecule has 2 aromatic rings. The molecule has 2 heterocycles. The second-order valence-corrected chi connectivity index (χ2v) is 5.81. The third kappa shape index (κ3) is 4.63. The molecule has 0 unspecified atom stereocenters.